The second-order valence-corrected chi connectivity index (χ2v) is 6.40. The summed E-state index contributed by atoms with van der Waals surface area (Å²) in [5, 5.41) is 3.36. The molecule has 2 aliphatic rings. The molecule has 1 N–H and O–H groups in total. The average molecular weight is 331 g/mol. The highest BCUT2D eigenvalue weighted by atomic mass is 16.5. The van der Waals surface area contributed by atoms with Crippen LogP contribution >= 0.6 is 0 Å². The summed E-state index contributed by atoms with van der Waals surface area (Å²) in [5.41, 5.74) is 0.629. The molecule has 1 atom stereocenters. The number of nitrogens with zero attached hydrogens (tertiary/aromatic N) is 2. The van der Waals surface area contributed by atoms with E-state index in [0.29, 0.717) is 50.0 Å². The van der Waals surface area contributed by atoms with Gasteiger partial charge in [-0.1, -0.05) is 6.07 Å². The van der Waals surface area contributed by atoms with Crippen molar-refractivity contribution in [1.29, 1.82) is 0 Å². The van der Waals surface area contributed by atoms with Crippen LogP contribution in [0, 0.1) is 0 Å². The van der Waals surface area contributed by atoms with Crippen LogP contribution in [-0.4, -0.2) is 67.5 Å². The minimum absolute atomic E-state index is 0.00143. The van der Waals surface area contributed by atoms with E-state index in [1.165, 1.54) is 0 Å². The minimum atomic E-state index is -0.00143. The zero-order valence-corrected chi connectivity index (χ0v) is 14.2. The van der Waals surface area contributed by atoms with Gasteiger partial charge in [-0.15, -0.1) is 0 Å². The molecule has 1 aromatic rings. The van der Waals surface area contributed by atoms with Crippen LogP contribution in [0.3, 0.4) is 0 Å². The highest BCUT2D eigenvalue weighted by Crippen LogP contribution is 2.16. The van der Waals surface area contributed by atoms with Gasteiger partial charge in [-0.3, -0.25) is 9.59 Å². The molecule has 24 heavy (non-hydrogen) atoms. The van der Waals surface area contributed by atoms with Gasteiger partial charge in [0.05, 0.1) is 7.11 Å². The first-order valence-corrected chi connectivity index (χ1v) is 8.62. The van der Waals surface area contributed by atoms with Crippen LogP contribution in [0.2, 0.25) is 0 Å². The predicted molar refractivity (Wildman–Crippen MR) is 91.1 cm³/mol. The van der Waals surface area contributed by atoms with Crippen LogP contribution in [0.1, 0.15) is 29.6 Å². The summed E-state index contributed by atoms with van der Waals surface area (Å²) < 4.78 is 5.17. The number of methoxy groups -OCH3 is 1. The quantitative estimate of drug-likeness (QED) is 0.898. The molecular weight excluding hydrogens is 306 g/mol. The van der Waals surface area contributed by atoms with Crippen LogP contribution in [-0.2, 0) is 4.79 Å². The number of nitrogens with one attached hydrogen (secondary N) is 1. The number of rotatable bonds is 4. The van der Waals surface area contributed by atoms with Gasteiger partial charge in [0.25, 0.3) is 5.91 Å². The van der Waals surface area contributed by atoms with Gasteiger partial charge in [0.1, 0.15) is 5.75 Å². The summed E-state index contributed by atoms with van der Waals surface area (Å²) in [5.74, 6) is 0.875. The molecule has 6 nitrogen and oxygen atoms in total. The first kappa shape index (κ1) is 16.8. The van der Waals surface area contributed by atoms with Gasteiger partial charge < -0.3 is 19.9 Å². The highest BCUT2D eigenvalue weighted by molar-refractivity contribution is 5.94. The van der Waals surface area contributed by atoms with Crippen molar-refractivity contribution in [3.8, 4) is 5.75 Å². The largest absolute Gasteiger partial charge is 0.497 e. The van der Waals surface area contributed by atoms with Crippen molar-refractivity contribution >= 4 is 11.8 Å². The lowest BCUT2D eigenvalue weighted by molar-refractivity contribution is -0.133. The van der Waals surface area contributed by atoms with Crippen LogP contribution < -0.4 is 10.1 Å². The normalized spacial score (nSPS) is 21.0. The first-order chi connectivity index (χ1) is 11.7. The molecule has 0 aliphatic carbocycles. The molecule has 0 bridgehead atoms. The Kier molecular flexibility index (Phi) is 5.35. The fourth-order valence-corrected chi connectivity index (χ4v) is 3.37. The fourth-order valence-electron chi connectivity index (χ4n) is 3.37. The molecule has 2 fully saturated rings. The minimum Gasteiger partial charge on any atom is -0.497 e. The van der Waals surface area contributed by atoms with Crippen LogP contribution in [0.5, 0.6) is 5.75 Å². The van der Waals surface area contributed by atoms with Crippen molar-refractivity contribution in [3.63, 3.8) is 0 Å². The van der Waals surface area contributed by atoms with E-state index in [4.69, 9.17) is 4.74 Å². The SMILES string of the molecule is COc1cccc(C(=O)N2CCN(C(=O)CC3CCCN3)CC2)c1. The number of hydrogen-bond donors (Lipinski definition) is 1. The van der Waals surface area contributed by atoms with Gasteiger partial charge >= 0.3 is 0 Å². The zero-order valence-electron chi connectivity index (χ0n) is 14.2. The number of carbonyl (C=O) groups is 2. The summed E-state index contributed by atoms with van der Waals surface area (Å²) in [7, 11) is 1.59. The number of carbonyl (C=O) groups excluding carboxylic acids is 2. The van der Waals surface area contributed by atoms with Crippen molar-refractivity contribution in [2.75, 3.05) is 39.8 Å². The second-order valence-electron chi connectivity index (χ2n) is 6.40. The molecule has 1 unspecified atom stereocenters. The van der Waals surface area contributed by atoms with Crippen molar-refractivity contribution in [3.05, 3.63) is 29.8 Å². The number of ether oxygens (including phenoxy) is 1. The topological polar surface area (TPSA) is 61.9 Å². The summed E-state index contributed by atoms with van der Waals surface area (Å²) in [4.78, 5) is 28.6. The Labute approximate surface area is 142 Å². The molecule has 2 heterocycles. The van der Waals surface area contributed by atoms with Gasteiger partial charge in [-0.05, 0) is 37.6 Å². The lowest BCUT2D eigenvalue weighted by atomic mass is 10.1. The van der Waals surface area contributed by atoms with Gasteiger partial charge in [0, 0.05) is 44.2 Å². The van der Waals surface area contributed by atoms with Crippen molar-refractivity contribution in [1.82, 2.24) is 15.1 Å². The first-order valence-electron chi connectivity index (χ1n) is 8.62. The van der Waals surface area contributed by atoms with E-state index in [2.05, 4.69) is 5.32 Å². The summed E-state index contributed by atoms with van der Waals surface area (Å²) in [6, 6.07) is 7.53. The van der Waals surface area contributed by atoms with Gasteiger partial charge in [-0.25, -0.2) is 0 Å². The van der Waals surface area contributed by atoms with E-state index in [-0.39, 0.29) is 11.8 Å². The standard InChI is InChI=1S/C18H25N3O3/c1-24-16-6-2-4-14(12-16)18(23)21-10-8-20(9-11-21)17(22)13-15-5-3-7-19-15/h2,4,6,12,15,19H,3,5,7-11,13H2,1H3. The maximum atomic E-state index is 12.6. The van der Waals surface area contributed by atoms with Gasteiger partial charge in [0.2, 0.25) is 5.91 Å². The molecule has 2 amide bonds. The smallest absolute Gasteiger partial charge is 0.254 e. The summed E-state index contributed by atoms with van der Waals surface area (Å²) >= 11 is 0. The number of piperazine rings is 1. The van der Waals surface area contributed by atoms with E-state index in [9.17, 15) is 9.59 Å². The lowest BCUT2D eigenvalue weighted by Gasteiger charge is -2.35. The van der Waals surface area contributed by atoms with Gasteiger partial charge in [0.15, 0.2) is 0 Å². The van der Waals surface area contributed by atoms with E-state index in [1.807, 2.05) is 21.9 Å². The van der Waals surface area contributed by atoms with Crippen LogP contribution in [0.15, 0.2) is 24.3 Å². The number of amides is 2. The Hall–Kier alpha value is -2.08. The number of benzene rings is 1. The van der Waals surface area contributed by atoms with Crippen LogP contribution in [0.25, 0.3) is 0 Å². The fraction of sp³-hybridized carbons (Fsp3) is 0.556. The van der Waals surface area contributed by atoms with E-state index >= 15 is 0 Å². The Morgan fingerprint density at radius 3 is 2.62 bits per heavy atom. The molecule has 2 saturated heterocycles. The molecule has 0 saturated carbocycles. The molecule has 2 aliphatic heterocycles. The monoisotopic (exact) mass is 331 g/mol. The van der Waals surface area contributed by atoms with Crippen molar-refractivity contribution in [2.24, 2.45) is 0 Å². The van der Waals surface area contributed by atoms with Crippen molar-refractivity contribution in [2.45, 2.75) is 25.3 Å². The molecule has 1 aromatic carbocycles. The number of hydrogen-bond acceptors (Lipinski definition) is 4. The third-order valence-corrected chi connectivity index (χ3v) is 4.82. The Bertz CT molecular complexity index is 591. The molecule has 0 radical (unpaired) electrons. The Balaban J connectivity index is 1.52. The summed E-state index contributed by atoms with van der Waals surface area (Å²) in [6.07, 6.45) is 2.81. The molecule has 130 valence electrons. The summed E-state index contributed by atoms with van der Waals surface area (Å²) in [6.45, 7) is 3.41. The maximum absolute atomic E-state index is 12.6. The molecule has 6 heteroatoms. The Morgan fingerprint density at radius 1 is 1.21 bits per heavy atom. The van der Waals surface area contributed by atoms with E-state index in [1.54, 1.807) is 19.2 Å². The lowest BCUT2D eigenvalue weighted by Crippen LogP contribution is -2.51. The third kappa shape index (κ3) is 3.87. The zero-order chi connectivity index (χ0) is 16.9. The predicted octanol–water partition coefficient (Wildman–Crippen LogP) is 1.12. The van der Waals surface area contributed by atoms with Gasteiger partial charge in [-0.2, -0.15) is 0 Å². The highest BCUT2D eigenvalue weighted by Gasteiger charge is 2.27. The average Bonchev–Trinajstić information content (AvgIpc) is 3.14. The molecule has 3 rings (SSSR count). The maximum Gasteiger partial charge on any atom is 0.254 e. The van der Waals surface area contributed by atoms with E-state index < -0.39 is 0 Å². The molecule has 0 aromatic heterocycles. The van der Waals surface area contributed by atoms with E-state index in [0.717, 1.165) is 19.4 Å². The van der Waals surface area contributed by atoms with Crippen LogP contribution in [0.4, 0.5) is 0 Å². The second kappa shape index (κ2) is 7.66. The Morgan fingerprint density at radius 2 is 1.96 bits per heavy atom. The van der Waals surface area contributed by atoms with Crippen molar-refractivity contribution < 1.29 is 14.3 Å². The molecule has 0 spiro atoms. The third-order valence-electron chi connectivity index (χ3n) is 4.82. The molecular formula is C18H25N3O3.